The van der Waals surface area contributed by atoms with Gasteiger partial charge >= 0.3 is 0 Å². The van der Waals surface area contributed by atoms with E-state index < -0.39 is 0 Å². The van der Waals surface area contributed by atoms with Gasteiger partial charge in [-0.25, -0.2) is 0 Å². The van der Waals surface area contributed by atoms with Gasteiger partial charge in [0.05, 0.1) is 17.8 Å². The molecule has 3 rings (SSSR count). The molecule has 1 aliphatic heterocycles. The Morgan fingerprint density at radius 2 is 1.81 bits per heavy atom. The summed E-state index contributed by atoms with van der Waals surface area (Å²) < 4.78 is 0. The number of benzene rings is 2. The summed E-state index contributed by atoms with van der Waals surface area (Å²) in [5.41, 5.74) is 5.51. The van der Waals surface area contributed by atoms with Crippen molar-refractivity contribution in [2.45, 2.75) is 39.7 Å². The Hall–Kier alpha value is -2.39. The summed E-state index contributed by atoms with van der Waals surface area (Å²) in [5, 5.41) is 3.31. The second-order valence-corrected chi connectivity index (χ2v) is 7.64. The highest BCUT2D eigenvalue weighted by Crippen LogP contribution is 2.39. The lowest BCUT2D eigenvalue weighted by atomic mass is 9.88. The van der Waals surface area contributed by atoms with E-state index in [2.05, 4.69) is 69.4 Å². The zero-order valence-electron chi connectivity index (χ0n) is 16.2. The van der Waals surface area contributed by atoms with Crippen molar-refractivity contribution in [3.8, 4) is 0 Å². The van der Waals surface area contributed by atoms with Gasteiger partial charge in [-0.2, -0.15) is 0 Å². The average Bonchev–Trinajstić information content (AvgIpc) is 2.58. The molecule has 1 N–H and O–H groups in total. The van der Waals surface area contributed by atoms with Crippen molar-refractivity contribution < 1.29 is 4.79 Å². The number of carbonyl (C=O) groups is 1. The van der Waals surface area contributed by atoms with Crippen LogP contribution >= 0.6 is 0 Å². The topological polar surface area (TPSA) is 32.3 Å². The number of aryl methyl sites for hydroxylation is 1. The van der Waals surface area contributed by atoms with Gasteiger partial charge in [0.25, 0.3) is 0 Å². The Balaban J connectivity index is 1.71. The molecule has 0 bridgehead atoms. The van der Waals surface area contributed by atoms with Crippen molar-refractivity contribution in [1.29, 1.82) is 0 Å². The Labute approximate surface area is 156 Å². The highest BCUT2D eigenvalue weighted by Gasteiger charge is 2.35. The van der Waals surface area contributed by atoms with E-state index in [9.17, 15) is 4.79 Å². The van der Waals surface area contributed by atoms with Gasteiger partial charge in [-0.1, -0.05) is 48.5 Å². The maximum absolute atomic E-state index is 13.0. The van der Waals surface area contributed by atoms with Crippen molar-refractivity contribution in [1.82, 2.24) is 5.32 Å². The van der Waals surface area contributed by atoms with E-state index in [4.69, 9.17) is 0 Å². The molecule has 0 unspecified atom stereocenters. The van der Waals surface area contributed by atoms with Crippen LogP contribution in [-0.4, -0.2) is 24.5 Å². The second-order valence-electron chi connectivity index (χ2n) is 7.64. The molecule has 2 aromatic carbocycles. The fourth-order valence-corrected chi connectivity index (χ4v) is 3.75. The van der Waals surface area contributed by atoms with Crippen LogP contribution in [-0.2, 0) is 11.2 Å². The number of anilines is 1. The lowest BCUT2D eigenvalue weighted by molar-refractivity contribution is -0.118. The molecule has 1 heterocycles. The summed E-state index contributed by atoms with van der Waals surface area (Å²) in [6.45, 7) is 9.53. The van der Waals surface area contributed by atoms with E-state index in [1.54, 1.807) is 0 Å². The molecule has 0 aromatic heterocycles. The van der Waals surface area contributed by atoms with E-state index in [0.29, 0.717) is 6.54 Å². The molecule has 3 nitrogen and oxygen atoms in total. The minimum Gasteiger partial charge on any atom is -0.308 e. The predicted octanol–water partition coefficient (Wildman–Crippen LogP) is 4.36. The number of carbonyl (C=O) groups excluding carboxylic acids is 1. The van der Waals surface area contributed by atoms with Gasteiger partial charge in [0.15, 0.2) is 0 Å². The van der Waals surface area contributed by atoms with Gasteiger partial charge in [0.1, 0.15) is 0 Å². The Kier molecular flexibility index (Phi) is 5.28. The normalized spacial score (nSPS) is 15.4. The van der Waals surface area contributed by atoms with Crippen molar-refractivity contribution in [3.63, 3.8) is 0 Å². The van der Waals surface area contributed by atoms with Crippen molar-refractivity contribution in [2.75, 3.05) is 18.0 Å². The quantitative estimate of drug-likeness (QED) is 0.815. The molecule has 0 saturated heterocycles. The van der Waals surface area contributed by atoms with Crippen LogP contribution in [0.5, 0.6) is 0 Å². The molecular weight excluding hydrogens is 320 g/mol. The van der Waals surface area contributed by atoms with Crippen LogP contribution in [0.25, 0.3) is 5.57 Å². The Bertz CT molecular complexity index is 821. The van der Waals surface area contributed by atoms with Crippen LogP contribution in [0.4, 0.5) is 5.69 Å². The molecule has 0 aliphatic carbocycles. The molecule has 26 heavy (non-hydrogen) atoms. The molecular formula is C23H28N2O. The smallest absolute Gasteiger partial charge is 0.241 e. The molecule has 0 fully saturated rings. The zero-order valence-corrected chi connectivity index (χ0v) is 16.2. The van der Waals surface area contributed by atoms with E-state index >= 15 is 0 Å². The zero-order chi connectivity index (χ0) is 18.7. The monoisotopic (exact) mass is 348 g/mol. The summed E-state index contributed by atoms with van der Waals surface area (Å²) in [6, 6.07) is 16.7. The third-order valence-electron chi connectivity index (χ3n) is 4.92. The van der Waals surface area contributed by atoms with Gasteiger partial charge in [0.2, 0.25) is 5.91 Å². The molecule has 0 atom stereocenters. The first-order chi connectivity index (χ1) is 12.4. The average molecular weight is 348 g/mol. The van der Waals surface area contributed by atoms with Gasteiger partial charge in [-0.05, 0) is 63.4 Å². The van der Waals surface area contributed by atoms with E-state index in [0.717, 1.165) is 24.2 Å². The summed E-state index contributed by atoms with van der Waals surface area (Å²) in [4.78, 5) is 15.0. The molecule has 0 saturated carbocycles. The number of allylic oxidation sites excluding steroid dienone is 1. The third kappa shape index (κ3) is 3.88. The Morgan fingerprint density at radius 3 is 2.54 bits per heavy atom. The third-order valence-corrected chi connectivity index (χ3v) is 4.92. The first-order valence-electron chi connectivity index (χ1n) is 9.27. The van der Waals surface area contributed by atoms with Crippen LogP contribution < -0.4 is 10.2 Å². The van der Waals surface area contributed by atoms with E-state index in [1.165, 1.54) is 16.7 Å². The van der Waals surface area contributed by atoms with Gasteiger partial charge in [-0.15, -0.1) is 0 Å². The van der Waals surface area contributed by atoms with Crippen LogP contribution in [0.2, 0.25) is 0 Å². The van der Waals surface area contributed by atoms with Gasteiger partial charge in [-0.3, -0.25) is 4.79 Å². The standard InChI is InChI=1S/C23H28N2O/c1-17-10-11-20-18(2)15-23(3,4)25(21(20)14-17)22(26)16-24-13-12-19-8-6-5-7-9-19/h5-11,14-15,24H,12-13,16H2,1-4H3. The highest BCUT2D eigenvalue weighted by atomic mass is 16.2. The number of hydrogen-bond donors (Lipinski definition) is 1. The van der Waals surface area contributed by atoms with Crippen LogP contribution in [0.3, 0.4) is 0 Å². The lowest BCUT2D eigenvalue weighted by Crippen LogP contribution is -2.52. The lowest BCUT2D eigenvalue weighted by Gasteiger charge is -2.41. The summed E-state index contributed by atoms with van der Waals surface area (Å²) in [5.74, 6) is 0.110. The summed E-state index contributed by atoms with van der Waals surface area (Å²) in [6.07, 6.45) is 3.11. The van der Waals surface area contributed by atoms with Crippen LogP contribution in [0.1, 0.15) is 37.5 Å². The van der Waals surface area contributed by atoms with E-state index in [1.807, 2.05) is 23.1 Å². The largest absolute Gasteiger partial charge is 0.308 e. The maximum Gasteiger partial charge on any atom is 0.241 e. The molecule has 3 heteroatoms. The molecule has 0 radical (unpaired) electrons. The predicted molar refractivity (Wildman–Crippen MR) is 109 cm³/mol. The first kappa shape index (κ1) is 18.4. The molecule has 1 aliphatic rings. The fraction of sp³-hybridized carbons (Fsp3) is 0.348. The second kappa shape index (κ2) is 7.46. The molecule has 2 aromatic rings. The SMILES string of the molecule is CC1=CC(C)(C)N(C(=O)CNCCc2ccccc2)c2cc(C)ccc21. The summed E-state index contributed by atoms with van der Waals surface area (Å²) >= 11 is 0. The van der Waals surface area contributed by atoms with Gasteiger partial charge < -0.3 is 10.2 Å². The number of nitrogens with one attached hydrogen (secondary N) is 1. The van der Waals surface area contributed by atoms with E-state index in [-0.39, 0.29) is 11.4 Å². The Morgan fingerprint density at radius 1 is 1.08 bits per heavy atom. The number of amides is 1. The van der Waals surface area contributed by atoms with Crippen molar-refractivity contribution >= 4 is 17.2 Å². The molecule has 0 spiro atoms. The number of nitrogens with zero attached hydrogens (tertiary/aromatic N) is 1. The number of rotatable bonds is 5. The van der Waals surface area contributed by atoms with Crippen LogP contribution in [0, 0.1) is 6.92 Å². The first-order valence-corrected chi connectivity index (χ1v) is 9.27. The molecule has 1 amide bonds. The number of fused-ring (bicyclic) bond motifs is 1. The van der Waals surface area contributed by atoms with Crippen molar-refractivity contribution in [2.24, 2.45) is 0 Å². The minimum atomic E-state index is -0.330. The fourth-order valence-electron chi connectivity index (χ4n) is 3.75. The van der Waals surface area contributed by atoms with Gasteiger partial charge in [0, 0.05) is 5.56 Å². The maximum atomic E-state index is 13.0. The van der Waals surface area contributed by atoms with Crippen molar-refractivity contribution in [3.05, 3.63) is 71.3 Å². The minimum absolute atomic E-state index is 0.110. The summed E-state index contributed by atoms with van der Waals surface area (Å²) in [7, 11) is 0. The van der Waals surface area contributed by atoms with Crippen LogP contribution in [0.15, 0.2) is 54.6 Å². The number of hydrogen-bond acceptors (Lipinski definition) is 2. The molecule has 136 valence electrons. The highest BCUT2D eigenvalue weighted by molar-refractivity contribution is 6.01.